The van der Waals surface area contributed by atoms with Crippen molar-refractivity contribution in [2.24, 2.45) is 5.92 Å². The maximum absolute atomic E-state index is 14.3. The van der Waals surface area contributed by atoms with E-state index in [0.717, 1.165) is 35.6 Å². The number of hydrogen-bond acceptors (Lipinski definition) is 4. The number of nitrogens with zero attached hydrogens (tertiary/aromatic N) is 5. The fourth-order valence-corrected chi connectivity index (χ4v) is 5.25. The normalized spacial score (nSPS) is 14.0. The first kappa shape index (κ1) is 24.3. The van der Waals surface area contributed by atoms with Gasteiger partial charge < -0.3 is 4.57 Å². The summed E-state index contributed by atoms with van der Waals surface area (Å²) in [6.07, 6.45) is 5.81. The maximum atomic E-state index is 14.3. The number of benzene rings is 3. The van der Waals surface area contributed by atoms with Crippen LogP contribution < -0.4 is 0 Å². The van der Waals surface area contributed by atoms with Crippen molar-refractivity contribution < 1.29 is 8.78 Å². The molecule has 38 heavy (non-hydrogen) atoms. The highest BCUT2D eigenvalue weighted by molar-refractivity contribution is 6.30. The quantitative estimate of drug-likeness (QED) is 0.260. The first-order valence-electron chi connectivity index (χ1n) is 12.6. The Hall–Kier alpha value is -4.09. The Labute approximate surface area is 223 Å². The summed E-state index contributed by atoms with van der Waals surface area (Å²) in [4.78, 5) is 4.76. The molecule has 2 heterocycles. The van der Waals surface area contributed by atoms with E-state index in [9.17, 15) is 8.78 Å². The largest absolute Gasteiger partial charge is 0.324 e. The molecule has 5 aromatic rings. The summed E-state index contributed by atoms with van der Waals surface area (Å²) in [5.41, 5.74) is 4.06. The Kier molecular flexibility index (Phi) is 6.61. The van der Waals surface area contributed by atoms with Crippen molar-refractivity contribution in [3.05, 3.63) is 82.4 Å². The summed E-state index contributed by atoms with van der Waals surface area (Å²) in [6.45, 7) is 0.684. The lowest BCUT2D eigenvalue weighted by molar-refractivity contribution is 0.323. The number of fused-ring (bicyclic) bond motifs is 1. The van der Waals surface area contributed by atoms with E-state index < -0.39 is 11.6 Å². The molecule has 0 aliphatic heterocycles. The van der Waals surface area contributed by atoms with Crippen molar-refractivity contribution in [1.29, 1.82) is 0 Å². The minimum absolute atomic E-state index is 0.417. The van der Waals surface area contributed by atoms with Gasteiger partial charge in [-0.05, 0) is 66.4 Å². The zero-order chi connectivity index (χ0) is 26.1. The van der Waals surface area contributed by atoms with Gasteiger partial charge in [-0.1, -0.05) is 42.7 Å². The van der Waals surface area contributed by atoms with Crippen LogP contribution in [-0.4, -0.2) is 30.2 Å². The van der Waals surface area contributed by atoms with Gasteiger partial charge in [-0.25, -0.2) is 13.8 Å². The topological polar surface area (TPSA) is 72.3 Å². The lowest BCUT2D eigenvalue weighted by Crippen LogP contribution is -2.15. The highest BCUT2D eigenvalue weighted by atomic mass is 35.5. The summed E-state index contributed by atoms with van der Waals surface area (Å²) < 4.78 is 30.5. The first-order chi connectivity index (χ1) is 18.5. The fraction of sp³-hybridized carbons (Fsp3) is 0.241. The molecule has 6 rings (SSSR count). The van der Waals surface area contributed by atoms with Crippen LogP contribution >= 0.6 is 11.6 Å². The molecule has 2 aromatic heterocycles. The van der Waals surface area contributed by atoms with E-state index in [2.05, 4.69) is 32.5 Å². The van der Waals surface area contributed by atoms with Gasteiger partial charge in [0.1, 0.15) is 5.82 Å². The zero-order valence-electron chi connectivity index (χ0n) is 20.4. The SMILES string of the molecule is Fc1cc2nc(-c3ccc(Cl)cc3C#Cc3ccc(-c4nn[nH]n4)cc3)n(CC3CCCCC3)c2cc1F. The third-order valence-electron chi connectivity index (χ3n) is 7.01. The van der Waals surface area contributed by atoms with Crippen LogP contribution in [0.1, 0.15) is 43.2 Å². The van der Waals surface area contributed by atoms with Crippen molar-refractivity contribution in [2.45, 2.75) is 38.6 Å². The van der Waals surface area contributed by atoms with E-state index in [4.69, 9.17) is 16.6 Å². The molecule has 1 N–H and O–H groups in total. The van der Waals surface area contributed by atoms with E-state index in [1.807, 2.05) is 34.9 Å². The Morgan fingerprint density at radius 3 is 2.50 bits per heavy atom. The number of imidazole rings is 1. The molecule has 1 fully saturated rings. The molecule has 0 bridgehead atoms. The van der Waals surface area contributed by atoms with E-state index in [-0.39, 0.29) is 0 Å². The predicted molar refractivity (Wildman–Crippen MR) is 142 cm³/mol. The molecule has 9 heteroatoms. The van der Waals surface area contributed by atoms with Crippen LogP contribution in [0.25, 0.3) is 33.8 Å². The van der Waals surface area contributed by atoms with E-state index in [0.29, 0.717) is 45.7 Å². The number of halogens is 3. The van der Waals surface area contributed by atoms with Gasteiger partial charge in [0.25, 0.3) is 0 Å². The summed E-state index contributed by atoms with van der Waals surface area (Å²) in [5, 5.41) is 14.5. The molecule has 190 valence electrons. The predicted octanol–water partition coefficient (Wildman–Crippen LogP) is 6.80. The molecule has 1 aliphatic carbocycles. The number of rotatable bonds is 4. The van der Waals surface area contributed by atoms with Gasteiger partial charge in [0, 0.05) is 46.0 Å². The van der Waals surface area contributed by atoms with Crippen LogP contribution in [-0.2, 0) is 6.54 Å². The Bertz CT molecular complexity index is 1660. The zero-order valence-corrected chi connectivity index (χ0v) is 21.1. The lowest BCUT2D eigenvalue weighted by Gasteiger charge is -2.23. The minimum atomic E-state index is -0.910. The molecular formula is C29H23ClF2N6. The molecule has 3 aromatic carbocycles. The molecular weight excluding hydrogens is 506 g/mol. The van der Waals surface area contributed by atoms with Crippen LogP contribution in [0.4, 0.5) is 8.78 Å². The second-order valence-corrected chi connectivity index (χ2v) is 9.99. The fourth-order valence-electron chi connectivity index (χ4n) is 5.08. The molecule has 1 aliphatic rings. The van der Waals surface area contributed by atoms with E-state index in [1.165, 1.54) is 25.3 Å². The molecule has 0 atom stereocenters. The van der Waals surface area contributed by atoms with Gasteiger partial charge in [0.2, 0.25) is 5.82 Å². The highest BCUT2D eigenvalue weighted by Gasteiger charge is 2.22. The second kappa shape index (κ2) is 10.3. The second-order valence-electron chi connectivity index (χ2n) is 9.56. The van der Waals surface area contributed by atoms with Gasteiger partial charge >= 0.3 is 0 Å². The number of nitrogens with one attached hydrogen (secondary N) is 1. The number of tetrazole rings is 1. The summed E-state index contributed by atoms with van der Waals surface area (Å²) >= 11 is 6.36. The van der Waals surface area contributed by atoms with Crippen LogP contribution in [0.5, 0.6) is 0 Å². The third-order valence-corrected chi connectivity index (χ3v) is 7.24. The highest BCUT2D eigenvalue weighted by Crippen LogP contribution is 2.33. The van der Waals surface area contributed by atoms with Crippen molar-refractivity contribution in [2.75, 3.05) is 0 Å². The van der Waals surface area contributed by atoms with Crippen molar-refractivity contribution in [3.63, 3.8) is 0 Å². The number of aromatic amines is 1. The molecule has 0 radical (unpaired) electrons. The number of hydrogen-bond donors (Lipinski definition) is 1. The maximum Gasteiger partial charge on any atom is 0.204 e. The standard InChI is InChI=1S/C29H23ClF2N6/c30-22-12-13-23(21(14-22)11-8-18-6-9-20(10-7-18)28-34-36-37-35-28)29-33-26-15-24(31)25(32)16-27(26)38(29)17-19-4-2-1-3-5-19/h6-7,9-10,12-16,19H,1-5,17H2,(H,34,35,36,37). The van der Waals surface area contributed by atoms with Crippen LogP contribution in [0.15, 0.2) is 54.6 Å². The summed E-state index contributed by atoms with van der Waals surface area (Å²) in [5.74, 6) is 6.22. The van der Waals surface area contributed by atoms with Gasteiger partial charge in [-0.15, -0.1) is 10.2 Å². The molecule has 0 amide bonds. The Balaban J connectivity index is 1.42. The van der Waals surface area contributed by atoms with Crippen molar-refractivity contribution in [3.8, 4) is 34.6 Å². The van der Waals surface area contributed by atoms with Gasteiger partial charge in [0.05, 0.1) is 11.0 Å². The van der Waals surface area contributed by atoms with E-state index in [1.54, 1.807) is 12.1 Å². The van der Waals surface area contributed by atoms with Crippen molar-refractivity contribution in [1.82, 2.24) is 30.2 Å². The molecule has 1 saturated carbocycles. The van der Waals surface area contributed by atoms with Gasteiger partial charge in [-0.2, -0.15) is 5.21 Å². The minimum Gasteiger partial charge on any atom is -0.324 e. The van der Waals surface area contributed by atoms with Crippen molar-refractivity contribution >= 4 is 22.6 Å². The number of H-pyrrole nitrogens is 1. The molecule has 0 saturated heterocycles. The van der Waals surface area contributed by atoms with E-state index >= 15 is 0 Å². The van der Waals surface area contributed by atoms with Gasteiger partial charge in [0.15, 0.2) is 11.6 Å². The average molecular weight is 529 g/mol. The first-order valence-corrected chi connectivity index (χ1v) is 12.9. The van der Waals surface area contributed by atoms with Crippen LogP contribution in [0, 0.1) is 29.4 Å². The number of aromatic nitrogens is 6. The summed E-state index contributed by atoms with van der Waals surface area (Å²) in [6, 6.07) is 15.4. The summed E-state index contributed by atoms with van der Waals surface area (Å²) in [7, 11) is 0. The molecule has 0 spiro atoms. The third kappa shape index (κ3) is 4.90. The smallest absolute Gasteiger partial charge is 0.204 e. The van der Waals surface area contributed by atoms with Crippen LogP contribution in [0.3, 0.4) is 0 Å². The van der Waals surface area contributed by atoms with Crippen LogP contribution in [0.2, 0.25) is 5.02 Å². The lowest BCUT2D eigenvalue weighted by atomic mass is 9.89. The average Bonchev–Trinajstić information content (AvgIpc) is 3.58. The Morgan fingerprint density at radius 2 is 1.74 bits per heavy atom. The van der Waals surface area contributed by atoms with Gasteiger partial charge in [-0.3, -0.25) is 0 Å². The molecule has 0 unspecified atom stereocenters. The monoisotopic (exact) mass is 528 g/mol. The molecule has 6 nitrogen and oxygen atoms in total. The Morgan fingerprint density at radius 1 is 0.947 bits per heavy atom.